The number of aliphatic imine (C=N–C) groups is 1. The average molecular weight is 387 g/mol. The minimum absolute atomic E-state index is 0.261. The second-order valence-corrected chi connectivity index (χ2v) is 8.07. The van der Waals surface area contributed by atoms with Crippen LogP contribution >= 0.6 is 0 Å². The van der Waals surface area contributed by atoms with E-state index >= 15 is 0 Å². The van der Waals surface area contributed by atoms with Crippen molar-refractivity contribution in [2.75, 3.05) is 33.3 Å². The summed E-state index contributed by atoms with van der Waals surface area (Å²) in [5.74, 6) is 2.29. The van der Waals surface area contributed by atoms with Crippen molar-refractivity contribution in [1.29, 1.82) is 0 Å². The number of guanidine groups is 1. The minimum Gasteiger partial charge on any atom is -0.492 e. The first-order chi connectivity index (χ1) is 13.5. The number of hydrogen-bond donors (Lipinski definition) is 2. The van der Waals surface area contributed by atoms with Gasteiger partial charge in [0.2, 0.25) is 5.91 Å². The molecule has 6 heteroatoms. The third-order valence-electron chi connectivity index (χ3n) is 5.63. The molecule has 0 radical (unpaired) electrons. The van der Waals surface area contributed by atoms with Crippen molar-refractivity contribution < 1.29 is 9.53 Å². The zero-order valence-corrected chi connectivity index (χ0v) is 17.5. The van der Waals surface area contributed by atoms with Crippen LogP contribution < -0.4 is 15.4 Å². The molecule has 154 valence electrons. The second-order valence-electron chi connectivity index (χ2n) is 8.07. The van der Waals surface area contributed by atoms with E-state index in [4.69, 9.17) is 4.74 Å². The summed E-state index contributed by atoms with van der Waals surface area (Å²) in [5.41, 5.74) is 2.41. The maximum atomic E-state index is 12.6. The molecule has 1 unspecified atom stereocenters. The summed E-state index contributed by atoms with van der Waals surface area (Å²) in [6.07, 6.45) is 5.51. The Kier molecular flexibility index (Phi) is 7.18. The number of amides is 1. The third kappa shape index (κ3) is 5.63. The maximum absolute atomic E-state index is 12.6. The second kappa shape index (κ2) is 9.80. The fraction of sp³-hybridized carbons (Fsp3) is 0.636. The first-order valence-corrected chi connectivity index (χ1v) is 10.5. The van der Waals surface area contributed by atoms with Crippen molar-refractivity contribution in [1.82, 2.24) is 15.5 Å². The van der Waals surface area contributed by atoms with Crippen molar-refractivity contribution in [2.45, 2.75) is 52.0 Å². The lowest BCUT2D eigenvalue weighted by molar-refractivity contribution is -0.134. The quantitative estimate of drug-likeness (QED) is 0.448. The Morgan fingerprint density at radius 3 is 2.57 bits per heavy atom. The first-order valence-electron chi connectivity index (χ1n) is 10.5. The zero-order chi connectivity index (χ0) is 19.9. The highest BCUT2D eigenvalue weighted by molar-refractivity contribution is 5.81. The summed E-state index contributed by atoms with van der Waals surface area (Å²) in [7, 11) is 1.77. The summed E-state index contributed by atoms with van der Waals surface area (Å²) >= 11 is 0. The normalized spacial score (nSPS) is 20.5. The Morgan fingerprint density at radius 1 is 1.18 bits per heavy atom. The maximum Gasteiger partial charge on any atom is 0.225 e. The lowest BCUT2D eigenvalue weighted by Crippen LogP contribution is -2.46. The SMILES string of the molecule is CN=C(NCCOc1cc(C)cc(C)c1)NC1CCN(C(=O)C2CCCC2)C1. The standard InChI is InChI=1S/C22H34N4O2/c1-16-12-17(2)14-20(13-16)28-11-9-24-22(23-3)25-19-8-10-26(15-19)21(27)18-6-4-5-7-18/h12-14,18-19H,4-11,15H2,1-3H3,(H2,23,24,25). The predicted molar refractivity (Wildman–Crippen MR) is 113 cm³/mol. The molecular weight excluding hydrogens is 352 g/mol. The molecular formula is C22H34N4O2. The molecule has 0 bridgehead atoms. The summed E-state index contributed by atoms with van der Waals surface area (Å²) in [6, 6.07) is 6.50. The smallest absolute Gasteiger partial charge is 0.225 e. The number of carbonyl (C=O) groups excluding carboxylic acids is 1. The zero-order valence-electron chi connectivity index (χ0n) is 17.5. The van der Waals surface area contributed by atoms with Crippen LogP contribution in [0.25, 0.3) is 0 Å². The number of benzene rings is 1. The van der Waals surface area contributed by atoms with E-state index in [1.165, 1.54) is 24.0 Å². The van der Waals surface area contributed by atoms with E-state index < -0.39 is 0 Å². The Bertz CT molecular complexity index is 678. The van der Waals surface area contributed by atoms with Gasteiger partial charge in [-0.1, -0.05) is 18.9 Å². The highest BCUT2D eigenvalue weighted by Gasteiger charge is 2.32. The van der Waals surface area contributed by atoms with Gasteiger partial charge in [-0.3, -0.25) is 9.79 Å². The van der Waals surface area contributed by atoms with Crippen molar-refractivity contribution in [3.63, 3.8) is 0 Å². The number of carbonyl (C=O) groups is 1. The number of rotatable bonds is 6. The number of likely N-dealkylation sites (tertiary alicyclic amines) is 1. The summed E-state index contributed by atoms with van der Waals surface area (Å²) in [4.78, 5) is 18.9. The lowest BCUT2D eigenvalue weighted by atomic mass is 10.1. The Balaban J connectivity index is 1.38. The van der Waals surface area contributed by atoms with Gasteiger partial charge in [0.1, 0.15) is 12.4 Å². The Morgan fingerprint density at radius 2 is 1.89 bits per heavy atom. The Hall–Kier alpha value is -2.24. The molecule has 2 N–H and O–H groups in total. The van der Waals surface area contributed by atoms with Crippen LogP contribution in [0.2, 0.25) is 0 Å². The van der Waals surface area contributed by atoms with E-state index in [1.54, 1.807) is 7.05 Å². The molecule has 6 nitrogen and oxygen atoms in total. The molecule has 1 aromatic carbocycles. The van der Waals surface area contributed by atoms with Crippen LogP contribution in [0.3, 0.4) is 0 Å². The van der Waals surface area contributed by atoms with Crippen molar-refractivity contribution in [2.24, 2.45) is 10.9 Å². The van der Waals surface area contributed by atoms with Gasteiger partial charge in [-0.25, -0.2) is 0 Å². The summed E-state index contributed by atoms with van der Waals surface area (Å²) in [6.45, 7) is 7.01. The van der Waals surface area contributed by atoms with E-state index in [-0.39, 0.29) is 12.0 Å². The molecule has 2 aliphatic rings. The van der Waals surface area contributed by atoms with Gasteiger partial charge in [0.15, 0.2) is 5.96 Å². The van der Waals surface area contributed by atoms with E-state index in [0.717, 1.165) is 44.1 Å². The number of ether oxygens (including phenoxy) is 1. The molecule has 1 amide bonds. The first kappa shape index (κ1) is 20.5. The lowest BCUT2D eigenvalue weighted by Gasteiger charge is -2.21. The fourth-order valence-corrected chi connectivity index (χ4v) is 4.25. The topological polar surface area (TPSA) is 66.0 Å². The number of nitrogens with zero attached hydrogens (tertiary/aromatic N) is 2. The molecule has 0 aromatic heterocycles. The molecule has 1 aromatic rings. The molecule has 1 saturated heterocycles. The van der Waals surface area contributed by atoms with Crippen LogP contribution in [0, 0.1) is 19.8 Å². The molecule has 1 saturated carbocycles. The van der Waals surface area contributed by atoms with E-state index in [2.05, 4.69) is 47.7 Å². The fourth-order valence-electron chi connectivity index (χ4n) is 4.25. The van der Waals surface area contributed by atoms with Crippen molar-refractivity contribution in [3.8, 4) is 5.75 Å². The minimum atomic E-state index is 0.261. The van der Waals surface area contributed by atoms with E-state index in [1.807, 2.05) is 4.90 Å². The van der Waals surface area contributed by atoms with E-state index in [9.17, 15) is 4.79 Å². The largest absolute Gasteiger partial charge is 0.492 e. The van der Waals surface area contributed by atoms with Gasteiger partial charge in [0.25, 0.3) is 0 Å². The van der Waals surface area contributed by atoms with Crippen LogP contribution in [0.5, 0.6) is 5.75 Å². The van der Waals surface area contributed by atoms with Gasteiger partial charge >= 0.3 is 0 Å². The highest BCUT2D eigenvalue weighted by Crippen LogP contribution is 2.27. The van der Waals surface area contributed by atoms with Crippen LogP contribution in [0.1, 0.15) is 43.2 Å². The number of aryl methyl sites for hydroxylation is 2. The highest BCUT2D eigenvalue weighted by atomic mass is 16.5. The van der Waals surface area contributed by atoms with Gasteiger partial charge in [0, 0.05) is 32.1 Å². The van der Waals surface area contributed by atoms with Crippen LogP contribution in [-0.4, -0.2) is 56.1 Å². The van der Waals surface area contributed by atoms with Gasteiger partial charge in [-0.15, -0.1) is 0 Å². The molecule has 1 aliphatic carbocycles. The summed E-state index contributed by atoms with van der Waals surface area (Å²) < 4.78 is 5.84. The average Bonchev–Trinajstić information content (AvgIpc) is 3.35. The van der Waals surface area contributed by atoms with Crippen LogP contribution in [0.15, 0.2) is 23.2 Å². The summed E-state index contributed by atoms with van der Waals surface area (Å²) in [5, 5.41) is 6.75. The molecule has 1 aliphatic heterocycles. The number of hydrogen-bond acceptors (Lipinski definition) is 3. The Labute approximate surface area is 168 Å². The van der Waals surface area contributed by atoms with Gasteiger partial charge < -0.3 is 20.3 Å². The van der Waals surface area contributed by atoms with Crippen LogP contribution in [0.4, 0.5) is 0 Å². The molecule has 28 heavy (non-hydrogen) atoms. The third-order valence-corrected chi connectivity index (χ3v) is 5.63. The molecule has 2 fully saturated rings. The molecule has 1 heterocycles. The van der Waals surface area contributed by atoms with Gasteiger partial charge in [-0.2, -0.15) is 0 Å². The van der Waals surface area contributed by atoms with Crippen molar-refractivity contribution in [3.05, 3.63) is 29.3 Å². The van der Waals surface area contributed by atoms with Gasteiger partial charge in [-0.05, 0) is 56.4 Å². The van der Waals surface area contributed by atoms with E-state index in [0.29, 0.717) is 19.1 Å². The van der Waals surface area contributed by atoms with Crippen LogP contribution in [-0.2, 0) is 4.79 Å². The van der Waals surface area contributed by atoms with Crippen molar-refractivity contribution >= 4 is 11.9 Å². The molecule has 1 atom stereocenters. The molecule has 0 spiro atoms. The molecule has 3 rings (SSSR count). The monoisotopic (exact) mass is 386 g/mol. The number of nitrogens with one attached hydrogen (secondary N) is 2. The van der Waals surface area contributed by atoms with Gasteiger partial charge in [0.05, 0.1) is 6.54 Å². The predicted octanol–water partition coefficient (Wildman–Crippen LogP) is 2.64.